The first-order valence-electron chi connectivity index (χ1n) is 9.50. The third kappa shape index (κ3) is 2.59. The van der Waals surface area contributed by atoms with Gasteiger partial charge in [-0.25, -0.2) is 0 Å². The van der Waals surface area contributed by atoms with Gasteiger partial charge in [-0.05, 0) is 52.3 Å². The van der Waals surface area contributed by atoms with E-state index in [0.717, 1.165) is 12.2 Å². The smallest absolute Gasteiger partial charge is 0.160 e. The van der Waals surface area contributed by atoms with Crippen LogP contribution in [0.3, 0.4) is 0 Å². The first-order valence-corrected chi connectivity index (χ1v) is 10.4. The van der Waals surface area contributed by atoms with Gasteiger partial charge in [0.05, 0.1) is 11.7 Å². The number of fused-ring (bicyclic) bond motifs is 1. The topological polar surface area (TPSA) is 33.4 Å². The molecular weight excluding hydrogens is 340 g/mol. The maximum absolute atomic E-state index is 5.13. The van der Waals surface area contributed by atoms with Crippen molar-refractivity contribution in [2.24, 2.45) is 4.99 Å². The van der Waals surface area contributed by atoms with Crippen molar-refractivity contribution >= 4 is 16.9 Å². The molecule has 0 aliphatic carbocycles. The lowest BCUT2D eigenvalue weighted by molar-refractivity contribution is 0.318. The summed E-state index contributed by atoms with van der Waals surface area (Å²) in [5.74, 6) is 0. The molecule has 2 aliphatic rings. The Hall–Kier alpha value is -1.75. The van der Waals surface area contributed by atoms with Crippen molar-refractivity contribution in [1.29, 1.82) is 0 Å². The predicted octanol–water partition coefficient (Wildman–Crippen LogP) is 4.98. The number of nitrogens with zero attached hydrogens (tertiary/aromatic N) is 4. The molecular formula is C21H28N4S. The molecule has 0 bridgehead atoms. The number of hydrogen-bond acceptors (Lipinski definition) is 4. The predicted molar refractivity (Wildman–Crippen MR) is 110 cm³/mol. The summed E-state index contributed by atoms with van der Waals surface area (Å²) in [7, 11) is 0. The highest BCUT2D eigenvalue weighted by Crippen LogP contribution is 2.49. The fourth-order valence-corrected chi connectivity index (χ4v) is 5.76. The minimum atomic E-state index is 0.0750. The molecule has 2 aromatic rings. The molecule has 5 heteroatoms. The molecule has 1 saturated heterocycles. The second-order valence-electron chi connectivity index (χ2n) is 7.81. The maximum Gasteiger partial charge on any atom is 0.160 e. The van der Waals surface area contributed by atoms with Crippen LogP contribution in [-0.4, -0.2) is 31.4 Å². The normalized spacial score (nSPS) is 25.1. The molecule has 0 N–H and O–H groups in total. The van der Waals surface area contributed by atoms with Crippen molar-refractivity contribution in [3.63, 3.8) is 0 Å². The maximum atomic E-state index is 5.13. The van der Waals surface area contributed by atoms with Crippen LogP contribution in [0.2, 0.25) is 0 Å². The molecule has 0 amide bonds. The number of aromatic nitrogens is 2. The van der Waals surface area contributed by atoms with E-state index in [9.17, 15) is 0 Å². The van der Waals surface area contributed by atoms with Crippen molar-refractivity contribution in [3.8, 4) is 0 Å². The Balaban J connectivity index is 1.87. The Kier molecular flexibility index (Phi) is 4.38. The summed E-state index contributed by atoms with van der Waals surface area (Å²) >= 11 is 1.90. The Morgan fingerprint density at radius 1 is 1.15 bits per heavy atom. The molecule has 0 spiro atoms. The second-order valence-corrected chi connectivity index (χ2v) is 9.22. The number of aliphatic imine (C=N–C) groups is 1. The molecule has 26 heavy (non-hydrogen) atoms. The standard InChI is InChI=1S/C21H28N4S/c1-12(2)25-15(5)14(4)18(16(25)6)20-19(17-9-7-8-10-22-17)23-21-24(20)11-13(3)26-21/h7-10,12-13,19-20H,11H2,1-6H3/t13-,19-,20-/m1/s1. The summed E-state index contributed by atoms with van der Waals surface area (Å²) in [5, 5.41) is 1.78. The lowest BCUT2D eigenvalue weighted by Gasteiger charge is -2.28. The summed E-state index contributed by atoms with van der Waals surface area (Å²) in [6, 6.07) is 6.96. The van der Waals surface area contributed by atoms with Gasteiger partial charge in [0.2, 0.25) is 0 Å². The van der Waals surface area contributed by atoms with Gasteiger partial charge < -0.3 is 9.47 Å². The molecule has 0 saturated carbocycles. The van der Waals surface area contributed by atoms with Crippen LogP contribution in [-0.2, 0) is 0 Å². The average Bonchev–Trinajstić information content (AvgIpc) is 3.18. The average molecular weight is 369 g/mol. The highest BCUT2D eigenvalue weighted by molar-refractivity contribution is 8.14. The third-order valence-electron chi connectivity index (χ3n) is 5.75. The van der Waals surface area contributed by atoms with E-state index in [1.807, 2.05) is 24.0 Å². The van der Waals surface area contributed by atoms with Gasteiger partial charge in [-0.3, -0.25) is 9.98 Å². The van der Waals surface area contributed by atoms with Crippen molar-refractivity contribution in [3.05, 3.63) is 52.6 Å². The van der Waals surface area contributed by atoms with E-state index in [1.54, 1.807) is 0 Å². The molecule has 3 atom stereocenters. The van der Waals surface area contributed by atoms with E-state index in [2.05, 4.69) is 68.1 Å². The lowest BCUT2D eigenvalue weighted by atomic mass is 9.93. The van der Waals surface area contributed by atoms with E-state index < -0.39 is 0 Å². The van der Waals surface area contributed by atoms with E-state index in [1.165, 1.54) is 27.7 Å². The highest BCUT2D eigenvalue weighted by Gasteiger charge is 2.45. The Morgan fingerprint density at radius 3 is 2.54 bits per heavy atom. The summed E-state index contributed by atoms with van der Waals surface area (Å²) in [4.78, 5) is 12.3. The Labute approximate surface area is 160 Å². The van der Waals surface area contributed by atoms with Crippen LogP contribution in [0.25, 0.3) is 0 Å². The minimum Gasteiger partial charge on any atom is -0.346 e. The molecule has 1 fully saturated rings. The zero-order valence-electron chi connectivity index (χ0n) is 16.5. The van der Waals surface area contributed by atoms with E-state index in [-0.39, 0.29) is 12.1 Å². The van der Waals surface area contributed by atoms with Gasteiger partial charge in [-0.2, -0.15) is 0 Å². The molecule has 4 rings (SSSR count). The van der Waals surface area contributed by atoms with Gasteiger partial charge in [0, 0.05) is 41.0 Å². The van der Waals surface area contributed by atoms with Crippen molar-refractivity contribution in [1.82, 2.24) is 14.5 Å². The minimum absolute atomic E-state index is 0.0750. The molecule has 0 radical (unpaired) electrons. The summed E-state index contributed by atoms with van der Waals surface area (Å²) in [6.07, 6.45) is 1.88. The first-order chi connectivity index (χ1) is 12.4. The van der Waals surface area contributed by atoms with Gasteiger partial charge >= 0.3 is 0 Å². The highest BCUT2D eigenvalue weighted by atomic mass is 32.2. The van der Waals surface area contributed by atoms with Crippen LogP contribution < -0.4 is 0 Å². The quantitative estimate of drug-likeness (QED) is 0.766. The molecule has 0 aromatic carbocycles. The van der Waals surface area contributed by atoms with Gasteiger partial charge in [0.25, 0.3) is 0 Å². The van der Waals surface area contributed by atoms with Crippen LogP contribution in [0.1, 0.15) is 67.1 Å². The molecule has 138 valence electrons. The zero-order chi connectivity index (χ0) is 18.6. The fourth-order valence-electron chi connectivity index (χ4n) is 4.67. The molecule has 0 unspecified atom stereocenters. The van der Waals surface area contributed by atoms with Gasteiger partial charge in [0.1, 0.15) is 6.04 Å². The summed E-state index contributed by atoms with van der Waals surface area (Å²) in [6.45, 7) is 14.7. The van der Waals surface area contributed by atoms with Crippen LogP contribution in [0, 0.1) is 20.8 Å². The monoisotopic (exact) mass is 368 g/mol. The van der Waals surface area contributed by atoms with E-state index in [4.69, 9.17) is 4.99 Å². The SMILES string of the molecule is Cc1c([C@@H]2[C@@H](c3ccccn3)N=C3S[C@H](C)CN32)c(C)n(C(C)C)c1C. The number of hydrogen-bond donors (Lipinski definition) is 0. The van der Waals surface area contributed by atoms with Crippen LogP contribution in [0.5, 0.6) is 0 Å². The van der Waals surface area contributed by atoms with Crippen molar-refractivity contribution < 1.29 is 0 Å². The largest absolute Gasteiger partial charge is 0.346 e. The fraction of sp³-hybridized carbons (Fsp3) is 0.524. The third-order valence-corrected chi connectivity index (χ3v) is 6.85. The summed E-state index contributed by atoms with van der Waals surface area (Å²) < 4.78 is 2.48. The summed E-state index contributed by atoms with van der Waals surface area (Å²) in [5.41, 5.74) is 6.67. The molecule has 4 nitrogen and oxygen atoms in total. The van der Waals surface area contributed by atoms with E-state index in [0.29, 0.717) is 11.3 Å². The van der Waals surface area contributed by atoms with Crippen LogP contribution in [0.15, 0.2) is 29.4 Å². The molecule has 4 heterocycles. The zero-order valence-corrected chi connectivity index (χ0v) is 17.3. The van der Waals surface area contributed by atoms with Gasteiger partial charge in [-0.1, -0.05) is 24.8 Å². The van der Waals surface area contributed by atoms with E-state index >= 15 is 0 Å². The Bertz CT molecular complexity index is 853. The number of thioether (sulfide) groups is 1. The number of pyridine rings is 1. The van der Waals surface area contributed by atoms with Gasteiger partial charge in [0.15, 0.2) is 5.17 Å². The Morgan fingerprint density at radius 2 is 1.92 bits per heavy atom. The van der Waals surface area contributed by atoms with Crippen LogP contribution in [0.4, 0.5) is 0 Å². The molecule has 2 aromatic heterocycles. The molecule has 2 aliphatic heterocycles. The van der Waals surface area contributed by atoms with Crippen molar-refractivity contribution in [2.75, 3.05) is 6.54 Å². The first kappa shape index (κ1) is 17.7. The lowest BCUT2D eigenvalue weighted by Crippen LogP contribution is -2.29. The van der Waals surface area contributed by atoms with Gasteiger partial charge in [-0.15, -0.1) is 0 Å². The number of rotatable bonds is 3. The van der Waals surface area contributed by atoms with Crippen LogP contribution >= 0.6 is 11.8 Å². The second kappa shape index (κ2) is 6.45. The number of amidine groups is 1. The van der Waals surface area contributed by atoms with Crippen molar-refractivity contribution in [2.45, 2.75) is 64.9 Å².